The number of thiophene rings is 1. The number of nitrogens with zero attached hydrogens (tertiary/aromatic N) is 1. The molecule has 26 heavy (non-hydrogen) atoms. The van der Waals surface area contributed by atoms with Gasteiger partial charge in [-0.15, -0.1) is 11.3 Å². The standard InChI is InChI=1S/C17H24N2O5S2/c1-24-17(21)15-9-8-14(25-15)16(20)19-10-4-7-13(11-19)26(22,23)18-12-5-2-3-6-12/h8-9,12-13,18H,2-7,10-11H2,1H3/t13-/m1/s1. The van der Waals surface area contributed by atoms with E-state index in [9.17, 15) is 18.0 Å². The summed E-state index contributed by atoms with van der Waals surface area (Å²) in [6.45, 7) is 0.714. The van der Waals surface area contributed by atoms with E-state index in [-0.39, 0.29) is 18.5 Å². The quantitative estimate of drug-likeness (QED) is 0.763. The summed E-state index contributed by atoms with van der Waals surface area (Å²) < 4.78 is 32.8. The molecule has 7 nitrogen and oxygen atoms in total. The van der Waals surface area contributed by atoms with E-state index in [1.54, 1.807) is 17.0 Å². The van der Waals surface area contributed by atoms with E-state index in [1.807, 2.05) is 0 Å². The SMILES string of the molecule is COC(=O)c1ccc(C(=O)N2CCC[C@@H](S(=O)(=O)NC3CCCC3)C2)s1. The van der Waals surface area contributed by atoms with Crippen molar-refractivity contribution in [3.05, 3.63) is 21.9 Å². The largest absolute Gasteiger partial charge is 0.465 e. The fourth-order valence-corrected chi connectivity index (χ4v) is 6.21. The number of methoxy groups -OCH3 is 1. The molecule has 2 aliphatic rings. The van der Waals surface area contributed by atoms with Crippen LogP contribution in [-0.2, 0) is 14.8 Å². The molecule has 1 saturated carbocycles. The minimum Gasteiger partial charge on any atom is -0.465 e. The number of ether oxygens (including phenoxy) is 1. The van der Waals surface area contributed by atoms with Gasteiger partial charge >= 0.3 is 5.97 Å². The Labute approximate surface area is 157 Å². The van der Waals surface area contributed by atoms with Gasteiger partial charge in [0.15, 0.2) is 0 Å². The first-order valence-electron chi connectivity index (χ1n) is 8.89. The highest BCUT2D eigenvalue weighted by Gasteiger charge is 2.35. The molecule has 1 amide bonds. The van der Waals surface area contributed by atoms with Gasteiger partial charge in [0.1, 0.15) is 4.88 Å². The lowest BCUT2D eigenvalue weighted by Crippen LogP contribution is -2.49. The van der Waals surface area contributed by atoms with Gasteiger partial charge in [-0.25, -0.2) is 17.9 Å². The monoisotopic (exact) mass is 400 g/mol. The Bertz CT molecular complexity index is 768. The Morgan fingerprint density at radius 1 is 1.15 bits per heavy atom. The van der Waals surface area contributed by atoms with E-state index >= 15 is 0 Å². The lowest BCUT2D eigenvalue weighted by Gasteiger charge is -2.32. The smallest absolute Gasteiger partial charge is 0.348 e. The third-order valence-corrected chi connectivity index (χ3v) is 7.97. The summed E-state index contributed by atoms with van der Waals surface area (Å²) in [5.41, 5.74) is 0. The summed E-state index contributed by atoms with van der Waals surface area (Å²) in [5.74, 6) is -0.708. The van der Waals surface area contributed by atoms with Crippen LogP contribution in [0.5, 0.6) is 0 Å². The van der Waals surface area contributed by atoms with E-state index < -0.39 is 21.2 Å². The summed E-state index contributed by atoms with van der Waals surface area (Å²) in [6.07, 6.45) is 5.10. The van der Waals surface area contributed by atoms with Crippen LogP contribution in [0.1, 0.15) is 57.9 Å². The van der Waals surface area contributed by atoms with Gasteiger partial charge < -0.3 is 9.64 Å². The second-order valence-electron chi connectivity index (χ2n) is 6.82. The van der Waals surface area contributed by atoms with E-state index in [2.05, 4.69) is 9.46 Å². The summed E-state index contributed by atoms with van der Waals surface area (Å²) >= 11 is 1.07. The normalized spacial score (nSPS) is 21.7. The Kier molecular flexibility index (Phi) is 5.99. The Morgan fingerprint density at radius 3 is 2.54 bits per heavy atom. The number of rotatable bonds is 5. The third kappa shape index (κ3) is 4.27. The molecule has 2 heterocycles. The van der Waals surface area contributed by atoms with Gasteiger partial charge in [0.2, 0.25) is 10.0 Å². The van der Waals surface area contributed by atoms with Crippen molar-refractivity contribution >= 4 is 33.2 Å². The predicted octanol–water partition coefficient (Wildman–Crippen LogP) is 2.00. The number of sulfonamides is 1. The number of amides is 1. The maximum Gasteiger partial charge on any atom is 0.348 e. The molecule has 1 saturated heterocycles. The molecule has 144 valence electrons. The fourth-order valence-electron chi connectivity index (χ4n) is 3.57. The summed E-state index contributed by atoms with van der Waals surface area (Å²) in [7, 11) is -2.15. The molecule has 0 aromatic carbocycles. The number of carbonyl (C=O) groups excluding carboxylic acids is 2. The summed E-state index contributed by atoms with van der Waals surface area (Å²) in [5, 5.41) is -0.583. The zero-order chi connectivity index (χ0) is 18.7. The molecule has 2 fully saturated rings. The van der Waals surface area contributed by atoms with E-state index in [1.165, 1.54) is 7.11 Å². The average molecular weight is 401 g/mol. The minimum absolute atomic E-state index is 0.0333. The van der Waals surface area contributed by atoms with Gasteiger partial charge in [0.05, 0.1) is 17.2 Å². The Hall–Kier alpha value is -1.45. The minimum atomic E-state index is -3.44. The van der Waals surface area contributed by atoms with Crippen LogP contribution in [0.3, 0.4) is 0 Å². The highest BCUT2D eigenvalue weighted by atomic mass is 32.2. The molecule has 1 aromatic heterocycles. The zero-order valence-corrected chi connectivity index (χ0v) is 16.4. The number of likely N-dealkylation sites (tertiary alicyclic amines) is 1. The lowest BCUT2D eigenvalue weighted by molar-refractivity contribution is 0.0606. The highest BCUT2D eigenvalue weighted by Crippen LogP contribution is 2.25. The van der Waals surface area contributed by atoms with Gasteiger partial charge in [-0.3, -0.25) is 4.79 Å². The van der Waals surface area contributed by atoms with Crippen molar-refractivity contribution in [3.8, 4) is 0 Å². The van der Waals surface area contributed by atoms with Gasteiger partial charge in [0, 0.05) is 19.1 Å². The Morgan fingerprint density at radius 2 is 1.85 bits per heavy atom. The van der Waals surface area contributed by atoms with Crippen LogP contribution < -0.4 is 4.72 Å². The van der Waals surface area contributed by atoms with Crippen LogP contribution in [0.15, 0.2) is 12.1 Å². The highest BCUT2D eigenvalue weighted by molar-refractivity contribution is 7.90. The zero-order valence-electron chi connectivity index (χ0n) is 14.8. The molecule has 0 bridgehead atoms. The molecule has 0 unspecified atom stereocenters. The van der Waals surface area contributed by atoms with Crippen molar-refractivity contribution in [1.82, 2.24) is 9.62 Å². The molecule has 1 atom stereocenters. The van der Waals surface area contributed by atoms with E-state index in [4.69, 9.17) is 0 Å². The van der Waals surface area contributed by atoms with Crippen LogP contribution in [0.4, 0.5) is 0 Å². The number of piperidine rings is 1. The number of hydrogen-bond acceptors (Lipinski definition) is 6. The van der Waals surface area contributed by atoms with Crippen molar-refractivity contribution in [2.24, 2.45) is 0 Å². The molecule has 1 aliphatic carbocycles. The van der Waals surface area contributed by atoms with Crippen LogP contribution in [0, 0.1) is 0 Å². The first kappa shape index (κ1) is 19.3. The molecule has 1 N–H and O–H groups in total. The van der Waals surface area contributed by atoms with Crippen molar-refractivity contribution in [1.29, 1.82) is 0 Å². The van der Waals surface area contributed by atoms with Crippen LogP contribution in [0.2, 0.25) is 0 Å². The average Bonchev–Trinajstić information content (AvgIpc) is 3.32. The summed E-state index contributed by atoms with van der Waals surface area (Å²) in [4.78, 5) is 26.6. The van der Waals surface area contributed by atoms with Crippen molar-refractivity contribution in [2.75, 3.05) is 20.2 Å². The lowest BCUT2D eigenvalue weighted by atomic mass is 10.1. The van der Waals surface area contributed by atoms with Crippen molar-refractivity contribution in [2.45, 2.75) is 49.8 Å². The second kappa shape index (κ2) is 8.06. The number of esters is 1. The van der Waals surface area contributed by atoms with Crippen LogP contribution in [-0.4, -0.2) is 56.7 Å². The number of carbonyl (C=O) groups is 2. The molecule has 9 heteroatoms. The maximum absolute atomic E-state index is 12.7. The third-order valence-electron chi connectivity index (χ3n) is 4.99. The van der Waals surface area contributed by atoms with Crippen molar-refractivity contribution < 1.29 is 22.7 Å². The molecule has 1 aliphatic heterocycles. The topological polar surface area (TPSA) is 92.8 Å². The first-order chi connectivity index (χ1) is 12.4. The van der Waals surface area contributed by atoms with E-state index in [0.29, 0.717) is 29.1 Å². The molecule has 1 aromatic rings. The molecular formula is C17H24N2O5S2. The van der Waals surface area contributed by atoms with Gasteiger partial charge in [0.25, 0.3) is 5.91 Å². The van der Waals surface area contributed by atoms with E-state index in [0.717, 1.165) is 37.0 Å². The van der Waals surface area contributed by atoms with Gasteiger partial charge in [-0.1, -0.05) is 12.8 Å². The maximum atomic E-state index is 12.7. The molecule has 0 radical (unpaired) electrons. The molecular weight excluding hydrogens is 376 g/mol. The molecule has 0 spiro atoms. The predicted molar refractivity (Wildman–Crippen MR) is 98.9 cm³/mol. The van der Waals surface area contributed by atoms with Gasteiger partial charge in [-0.2, -0.15) is 0 Å². The first-order valence-corrected chi connectivity index (χ1v) is 11.3. The van der Waals surface area contributed by atoms with Gasteiger partial charge in [-0.05, 0) is 37.8 Å². The van der Waals surface area contributed by atoms with Crippen LogP contribution >= 0.6 is 11.3 Å². The fraction of sp³-hybridized carbons (Fsp3) is 0.647. The second-order valence-corrected chi connectivity index (χ2v) is 9.89. The molecule has 3 rings (SSSR count). The Balaban J connectivity index is 1.66. The summed E-state index contributed by atoms with van der Waals surface area (Å²) in [6, 6.07) is 3.18. The van der Waals surface area contributed by atoms with Crippen LogP contribution in [0.25, 0.3) is 0 Å². The van der Waals surface area contributed by atoms with Crippen molar-refractivity contribution in [3.63, 3.8) is 0 Å². The number of nitrogens with one attached hydrogen (secondary N) is 1. The number of hydrogen-bond donors (Lipinski definition) is 1.